The van der Waals surface area contributed by atoms with Crippen LogP contribution in [0, 0.1) is 6.92 Å². The minimum atomic E-state index is 0.719. The fourth-order valence-corrected chi connectivity index (χ4v) is 1.35. The van der Waals surface area contributed by atoms with Gasteiger partial charge >= 0.3 is 0 Å². The maximum atomic E-state index is 5.23. The third-order valence-electron chi connectivity index (χ3n) is 2.19. The van der Waals surface area contributed by atoms with Gasteiger partial charge < -0.3 is 20.1 Å². The lowest BCUT2D eigenvalue weighted by molar-refractivity contribution is 0.355. The quantitative estimate of drug-likeness (QED) is 0.724. The van der Waals surface area contributed by atoms with Gasteiger partial charge in [-0.1, -0.05) is 0 Å². The van der Waals surface area contributed by atoms with Gasteiger partial charge in [-0.15, -0.1) is 0 Å². The molecule has 84 valence electrons. The lowest BCUT2D eigenvalue weighted by Crippen LogP contribution is -2.17. The highest BCUT2D eigenvalue weighted by molar-refractivity contribution is 5.60. The molecule has 0 aliphatic rings. The molecule has 1 rings (SSSR count). The van der Waals surface area contributed by atoms with Crippen LogP contribution in [0.1, 0.15) is 5.56 Å². The predicted octanol–water partition coefficient (Wildman–Crippen LogP) is 1.60. The maximum absolute atomic E-state index is 5.23. The number of methoxy groups -OCH3 is 2. The zero-order valence-corrected chi connectivity index (χ0v) is 9.68. The van der Waals surface area contributed by atoms with Crippen LogP contribution in [0.2, 0.25) is 0 Å². The summed E-state index contributed by atoms with van der Waals surface area (Å²) in [5.41, 5.74) is 2.17. The van der Waals surface area contributed by atoms with Crippen LogP contribution in [0.25, 0.3) is 0 Å². The molecule has 15 heavy (non-hydrogen) atoms. The van der Waals surface area contributed by atoms with E-state index >= 15 is 0 Å². The van der Waals surface area contributed by atoms with E-state index in [2.05, 4.69) is 10.6 Å². The standard InChI is InChI=1S/C11H18N2O2/c1-8-5-10(14-3)11(15-4)6-9(8)13-7-12-2/h5-6,12-13H,7H2,1-4H3. The largest absolute Gasteiger partial charge is 0.493 e. The first kappa shape index (κ1) is 11.7. The molecule has 0 aromatic heterocycles. The number of benzene rings is 1. The van der Waals surface area contributed by atoms with E-state index in [1.54, 1.807) is 14.2 Å². The van der Waals surface area contributed by atoms with Crippen molar-refractivity contribution in [3.63, 3.8) is 0 Å². The predicted molar refractivity (Wildman–Crippen MR) is 61.8 cm³/mol. The average Bonchev–Trinajstić information content (AvgIpc) is 2.27. The van der Waals surface area contributed by atoms with Crippen LogP contribution in [-0.4, -0.2) is 27.9 Å². The first-order chi connectivity index (χ1) is 7.22. The van der Waals surface area contributed by atoms with Gasteiger partial charge in [-0.2, -0.15) is 0 Å². The number of ether oxygens (including phenoxy) is 2. The van der Waals surface area contributed by atoms with Crippen LogP contribution < -0.4 is 20.1 Å². The van der Waals surface area contributed by atoms with Crippen molar-refractivity contribution in [3.8, 4) is 11.5 Å². The maximum Gasteiger partial charge on any atom is 0.162 e. The van der Waals surface area contributed by atoms with Gasteiger partial charge in [0.25, 0.3) is 0 Å². The minimum absolute atomic E-state index is 0.719. The summed E-state index contributed by atoms with van der Waals surface area (Å²) < 4.78 is 10.4. The Morgan fingerprint density at radius 3 is 2.27 bits per heavy atom. The Morgan fingerprint density at radius 1 is 1.13 bits per heavy atom. The van der Waals surface area contributed by atoms with Gasteiger partial charge in [0, 0.05) is 11.8 Å². The summed E-state index contributed by atoms with van der Waals surface area (Å²) >= 11 is 0. The molecule has 0 heterocycles. The second kappa shape index (κ2) is 5.46. The van der Waals surface area contributed by atoms with Crippen molar-refractivity contribution in [2.24, 2.45) is 0 Å². The molecular weight excluding hydrogens is 192 g/mol. The summed E-state index contributed by atoms with van der Waals surface area (Å²) in [6, 6.07) is 3.89. The summed E-state index contributed by atoms with van der Waals surface area (Å²) in [6.07, 6.45) is 0. The molecule has 1 aromatic carbocycles. The summed E-state index contributed by atoms with van der Waals surface area (Å²) in [4.78, 5) is 0. The van der Waals surface area contributed by atoms with E-state index in [4.69, 9.17) is 9.47 Å². The first-order valence-corrected chi connectivity index (χ1v) is 4.84. The van der Waals surface area contributed by atoms with Crippen molar-refractivity contribution in [2.75, 3.05) is 33.3 Å². The number of nitrogens with one attached hydrogen (secondary N) is 2. The Hall–Kier alpha value is -1.42. The van der Waals surface area contributed by atoms with Crippen molar-refractivity contribution < 1.29 is 9.47 Å². The van der Waals surface area contributed by atoms with Crippen LogP contribution in [0.3, 0.4) is 0 Å². The fraction of sp³-hybridized carbons (Fsp3) is 0.455. The third-order valence-corrected chi connectivity index (χ3v) is 2.19. The minimum Gasteiger partial charge on any atom is -0.493 e. The van der Waals surface area contributed by atoms with E-state index in [1.807, 2.05) is 26.1 Å². The van der Waals surface area contributed by atoms with Gasteiger partial charge in [0.05, 0.1) is 20.9 Å². The zero-order valence-electron chi connectivity index (χ0n) is 9.68. The van der Waals surface area contributed by atoms with E-state index in [-0.39, 0.29) is 0 Å². The van der Waals surface area contributed by atoms with Gasteiger partial charge in [0.1, 0.15) is 0 Å². The van der Waals surface area contributed by atoms with Gasteiger partial charge in [-0.05, 0) is 25.6 Å². The molecule has 0 unspecified atom stereocenters. The van der Waals surface area contributed by atoms with Crippen molar-refractivity contribution in [2.45, 2.75) is 6.92 Å². The number of anilines is 1. The van der Waals surface area contributed by atoms with Crippen LogP contribution in [0.5, 0.6) is 11.5 Å². The molecule has 0 amide bonds. The highest BCUT2D eigenvalue weighted by Gasteiger charge is 2.07. The second-order valence-corrected chi connectivity index (χ2v) is 3.23. The molecule has 0 atom stereocenters. The number of rotatable bonds is 5. The second-order valence-electron chi connectivity index (χ2n) is 3.23. The van der Waals surface area contributed by atoms with Gasteiger partial charge in [-0.3, -0.25) is 0 Å². The van der Waals surface area contributed by atoms with Gasteiger partial charge in [0.2, 0.25) is 0 Å². The molecule has 1 aromatic rings. The third kappa shape index (κ3) is 2.76. The molecule has 0 saturated heterocycles. The van der Waals surface area contributed by atoms with Crippen molar-refractivity contribution >= 4 is 5.69 Å². The molecule has 0 radical (unpaired) electrons. The number of hydrogen-bond donors (Lipinski definition) is 2. The average molecular weight is 210 g/mol. The van der Waals surface area contributed by atoms with Crippen molar-refractivity contribution in [3.05, 3.63) is 17.7 Å². The topological polar surface area (TPSA) is 42.5 Å². The van der Waals surface area contributed by atoms with Crippen molar-refractivity contribution in [1.82, 2.24) is 5.32 Å². The smallest absolute Gasteiger partial charge is 0.162 e. The molecule has 0 aliphatic carbocycles. The molecule has 0 saturated carbocycles. The van der Waals surface area contributed by atoms with Crippen LogP contribution in [-0.2, 0) is 0 Å². The molecule has 0 aliphatic heterocycles. The molecule has 0 bridgehead atoms. The van der Waals surface area contributed by atoms with E-state index in [1.165, 1.54) is 0 Å². The Morgan fingerprint density at radius 2 is 1.73 bits per heavy atom. The molecule has 4 heteroatoms. The molecule has 0 fully saturated rings. The Kier molecular flexibility index (Phi) is 4.24. The first-order valence-electron chi connectivity index (χ1n) is 4.84. The molecule has 4 nitrogen and oxygen atoms in total. The van der Waals surface area contributed by atoms with E-state index in [0.717, 1.165) is 29.4 Å². The molecular formula is C11H18N2O2. The summed E-state index contributed by atoms with van der Waals surface area (Å²) in [5.74, 6) is 1.49. The lowest BCUT2D eigenvalue weighted by Gasteiger charge is -2.13. The zero-order chi connectivity index (χ0) is 11.3. The Balaban J connectivity index is 2.97. The normalized spacial score (nSPS) is 9.87. The fourth-order valence-electron chi connectivity index (χ4n) is 1.35. The van der Waals surface area contributed by atoms with Gasteiger partial charge in [-0.25, -0.2) is 0 Å². The monoisotopic (exact) mass is 210 g/mol. The Bertz CT molecular complexity index is 327. The highest BCUT2D eigenvalue weighted by Crippen LogP contribution is 2.32. The summed E-state index contributed by atoms with van der Waals surface area (Å²) in [6.45, 7) is 2.75. The Labute approximate surface area is 90.6 Å². The number of hydrogen-bond acceptors (Lipinski definition) is 4. The molecule has 0 spiro atoms. The van der Waals surface area contributed by atoms with Crippen LogP contribution in [0.15, 0.2) is 12.1 Å². The van der Waals surface area contributed by atoms with E-state index < -0.39 is 0 Å². The van der Waals surface area contributed by atoms with Crippen LogP contribution in [0.4, 0.5) is 5.69 Å². The molecule has 2 N–H and O–H groups in total. The van der Waals surface area contributed by atoms with E-state index in [9.17, 15) is 0 Å². The number of aryl methyl sites for hydroxylation is 1. The highest BCUT2D eigenvalue weighted by atomic mass is 16.5. The van der Waals surface area contributed by atoms with E-state index in [0.29, 0.717) is 0 Å². The lowest BCUT2D eigenvalue weighted by atomic mass is 10.2. The van der Waals surface area contributed by atoms with Crippen LogP contribution >= 0.6 is 0 Å². The van der Waals surface area contributed by atoms with Gasteiger partial charge in [0.15, 0.2) is 11.5 Å². The summed E-state index contributed by atoms with van der Waals surface area (Å²) in [7, 11) is 5.16. The SMILES string of the molecule is CNCNc1cc(OC)c(OC)cc1C. The van der Waals surface area contributed by atoms with Crippen molar-refractivity contribution in [1.29, 1.82) is 0 Å². The summed E-state index contributed by atoms with van der Waals surface area (Å²) in [5, 5.41) is 6.27.